The van der Waals surface area contributed by atoms with E-state index in [4.69, 9.17) is 22.9 Å². The summed E-state index contributed by atoms with van der Waals surface area (Å²) < 4.78 is 0. The van der Waals surface area contributed by atoms with Crippen molar-refractivity contribution in [3.8, 4) is 5.75 Å². The zero-order valence-electron chi connectivity index (χ0n) is 37.1. The number of hydrogen-bond donors (Lipinski definition) is 13. The van der Waals surface area contributed by atoms with Gasteiger partial charge in [0.1, 0.15) is 48.0 Å². The minimum Gasteiger partial charge on any atom is -0.508 e. The molecule has 23 heteroatoms. The molecule has 17 N–H and O–H groups in total. The molecule has 23 nitrogen and oxygen atoms in total. The lowest BCUT2D eigenvalue weighted by molar-refractivity contribution is -0.142. The number of nitrogens with two attached hydrogens (primary N) is 4. The maximum atomic E-state index is 14.1. The molecule has 0 saturated carbocycles. The van der Waals surface area contributed by atoms with E-state index in [1.54, 1.807) is 30.3 Å². The lowest BCUT2D eigenvalue weighted by Gasteiger charge is -2.30. The first-order valence-electron chi connectivity index (χ1n) is 21.6. The second-order valence-corrected chi connectivity index (χ2v) is 16.3. The number of benzene rings is 2. The molecule has 7 atom stereocenters. The van der Waals surface area contributed by atoms with Crippen molar-refractivity contribution >= 4 is 53.2 Å². The van der Waals surface area contributed by atoms with Crippen LogP contribution in [-0.4, -0.2) is 149 Å². The van der Waals surface area contributed by atoms with Gasteiger partial charge in [-0.2, -0.15) is 0 Å². The molecule has 1 saturated heterocycles. The van der Waals surface area contributed by atoms with Crippen molar-refractivity contribution in [3.63, 3.8) is 0 Å². The number of aromatic hydroxyl groups is 1. The van der Waals surface area contributed by atoms with Gasteiger partial charge in [0.2, 0.25) is 47.3 Å². The number of phenols is 1. The summed E-state index contributed by atoms with van der Waals surface area (Å²) in [6.07, 6.45) is 0.846. The summed E-state index contributed by atoms with van der Waals surface area (Å²) >= 11 is 0. The lowest BCUT2D eigenvalue weighted by atomic mass is 10.0. The molecule has 8 amide bonds. The van der Waals surface area contributed by atoms with Crippen LogP contribution < -0.4 is 54.8 Å². The molecular formula is C43H64N12O11. The van der Waals surface area contributed by atoms with Crippen molar-refractivity contribution in [1.82, 2.24) is 36.8 Å². The molecule has 362 valence electrons. The minimum absolute atomic E-state index is 0.0228. The summed E-state index contributed by atoms with van der Waals surface area (Å²) in [4.78, 5) is 112. The van der Waals surface area contributed by atoms with E-state index in [0.717, 1.165) is 0 Å². The molecule has 0 radical (unpaired) electrons. The van der Waals surface area contributed by atoms with Crippen molar-refractivity contribution in [2.45, 2.75) is 101 Å². The monoisotopic (exact) mass is 924 g/mol. The largest absolute Gasteiger partial charge is 0.508 e. The third-order valence-electron chi connectivity index (χ3n) is 10.5. The van der Waals surface area contributed by atoms with E-state index in [9.17, 15) is 53.7 Å². The zero-order chi connectivity index (χ0) is 48.9. The van der Waals surface area contributed by atoms with Crippen molar-refractivity contribution in [2.24, 2.45) is 33.8 Å². The Morgan fingerprint density at radius 1 is 0.727 bits per heavy atom. The van der Waals surface area contributed by atoms with Crippen LogP contribution in [0.25, 0.3) is 0 Å². The number of carbonyl (C=O) groups excluding carboxylic acids is 8. The summed E-state index contributed by atoms with van der Waals surface area (Å²) in [7, 11) is 0. The fourth-order valence-corrected chi connectivity index (χ4v) is 7.02. The fourth-order valence-electron chi connectivity index (χ4n) is 7.02. The van der Waals surface area contributed by atoms with Gasteiger partial charge in [-0.1, -0.05) is 56.3 Å². The van der Waals surface area contributed by atoms with Gasteiger partial charge in [-0.05, 0) is 61.3 Å². The predicted molar refractivity (Wildman–Crippen MR) is 240 cm³/mol. The summed E-state index contributed by atoms with van der Waals surface area (Å²) in [5.74, 6) is -6.61. The molecule has 0 aromatic heterocycles. The van der Waals surface area contributed by atoms with Crippen LogP contribution in [0.5, 0.6) is 5.75 Å². The van der Waals surface area contributed by atoms with E-state index in [0.29, 0.717) is 17.5 Å². The predicted octanol–water partition coefficient (Wildman–Crippen LogP) is -4.39. The number of hydrogen-bond acceptors (Lipinski definition) is 13. The van der Waals surface area contributed by atoms with Crippen LogP contribution in [0.2, 0.25) is 0 Å². The maximum Gasteiger partial charge on any atom is 0.245 e. The van der Waals surface area contributed by atoms with Crippen LogP contribution in [0, 0.1) is 5.92 Å². The van der Waals surface area contributed by atoms with Crippen LogP contribution in [0.4, 0.5) is 0 Å². The van der Waals surface area contributed by atoms with Gasteiger partial charge in [0, 0.05) is 25.9 Å². The van der Waals surface area contributed by atoms with Gasteiger partial charge >= 0.3 is 0 Å². The highest BCUT2D eigenvalue weighted by atomic mass is 16.3. The molecular weight excluding hydrogens is 861 g/mol. The van der Waals surface area contributed by atoms with Crippen molar-refractivity contribution in [1.29, 1.82) is 0 Å². The Morgan fingerprint density at radius 3 is 1.91 bits per heavy atom. The van der Waals surface area contributed by atoms with Gasteiger partial charge in [0.15, 0.2) is 5.96 Å². The van der Waals surface area contributed by atoms with Crippen LogP contribution in [-0.2, 0) is 51.2 Å². The average Bonchev–Trinajstić information content (AvgIpc) is 3.78. The molecule has 2 aromatic rings. The van der Waals surface area contributed by atoms with Crippen LogP contribution >= 0.6 is 0 Å². The van der Waals surface area contributed by atoms with E-state index in [2.05, 4.69) is 36.9 Å². The van der Waals surface area contributed by atoms with Gasteiger partial charge in [-0.3, -0.25) is 43.3 Å². The average molecular weight is 925 g/mol. The molecule has 1 aliphatic rings. The molecule has 1 aliphatic heterocycles. The number of amides is 8. The standard InChI is InChI=1S/C43H64N12O11/c1-24(2)18-30(36(45)60)50-35(59)21-49-38(62)31(19-25-8-4-3-5-9-25)52-40(64)33(23-57)54-39(63)32(20-26-12-14-27(58)15-13-26)53-41(65)34-11-7-17-55(34)42(66)29(10-6-16-48-43(46)47)51-37(61)28(44)22-56/h3-5,8-9,12-15,24,28-34,56-58H,6-7,10-11,16-23,44H2,1-2H3,(H2,45,60)(H,49,62)(H,50,59)(H,51,61)(H,52,64)(H,53,65)(H,54,63)(H4,46,47,48)/t28-,29-,30-,31-,32-,33-,34-/m0/s1. The highest BCUT2D eigenvalue weighted by Gasteiger charge is 2.39. The molecule has 2 aromatic carbocycles. The molecule has 0 bridgehead atoms. The SMILES string of the molecule is CC(C)C[C@H](NC(=O)CNC(=O)[C@H](Cc1ccccc1)NC(=O)[C@H](CO)NC(=O)[C@H](Cc1ccc(O)cc1)NC(=O)[C@@H]1CCCN1C(=O)[C@H](CCCN=C(N)N)NC(=O)[C@@H](N)CO)C(N)=O. The number of aliphatic hydroxyl groups is 2. The van der Waals surface area contributed by atoms with Gasteiger partial charge in [0.05, 0.1) is 19.8 Å². The first-order valence-corrected chi connectivity index (χ1v) is 21.6. The molecule has 1 fully saturated rings. The third-order valence-corrected chi connectivity index (χ3v) is 10.5. The van der Waals surface area contributed by atoms with E-state index < -0.39 is 109 Å². The lowest BCUT2D eigenvalue weighted by Crippen LogP contribution is -2.60. The number of nitrogens with one attached hydrogen (secondary N) is 6. The Kier molecular flexibility index (Phi) is 21.7. The van der Waals surface area contributed by atoms with Crippen molar-refractivity contribution < 1.29 is 53.7 Å². The number of guanidine groups is 1. The van der Waals surface area contributed by atoms with E-state index in [1.165, 1.54) is 29.2 Å². The Labute approximate surface area is 382 Å². The second kappa shape index (κ2) is 26.8. The summed E-state index contributed by atoms with van der Waals surface area (Å²) in [6, 6.07) is 5.23. The molecule has 66 heavy (non-hydrogen) atoms. The Hall–Kier alpha value is -6.85. The molecule has 3 rings (SSSR count). The van der Waals surface area contributed by atoms with Gasteiger partial charge in [-0.25, -0.2) is 0 Å². The van der Waals surface area contributed by atoms with E-state index in [-0.39, 0.29) is 69.2 Å². The topological polar surface area (TPSA) is 389 Å². The third kappa shape index (κ3) is 17.6. The maximum absolute atomic E-state index is 14.1. The Balaban J connectivity index is 1.82. The Bertz CT molecular complexity index is 2000. The van der Waals surface area contributed by atoms with E-state index in [1.807, 2.05) is 13.8 Å². The highest BCUT2D eigenvalue weighted by Crippen LogP contribution is 2.21. The minimum atomic E-state index is -1.67. The number of phenolic OH excluding ortho intramolecular Hbond substituents is 1. The summed E-state index contributed by atoms with van der Waals surface area (Å²) in [5, 5.41) is 44.7. The first-order chi connectivity index (χ1) is 31.3. The number of likely N-dealkylation sites (tertiary alicyclic amines) is 1. The number of rotatable bonds is 26. The first kappa shape index (κ1) is 53.5. The van der Waals surface area contributed by atoms with Crippen LogP contribution in [0.1, 0.15) is 57.1 Å². The van der Waals surface area contributed by atoms with E-state index >= 15 is 0 Å². The quantitative estimate of drug-likeness (QED) is 0.0241. The Morgan fingerprint density at radius 2 is 1.32 bits per heavy atom. The molecule has 0 unspecified atom stereocenters. The molecule has 1 heterocycles. The number of aliphatic hydroxyl groups excluding tert-OH is 2. The number of carbonyl (C=O) groups is 8. The van der Waals surface area contributed by atoms with Crippen LogP contribution in [0.3, 0.4) is 0 Å². The number of primary amides is 1. The molecule has 0 aliphatic carbocycles. The van der Waals surface area contributed by atoms with Crippen LogP contribution in [0.15, 0.2) is 59.6 Å². The highest BCUT2D eigenvalue weighted by molar-refractivity contribution is 5.97. The smallest absolute Gasteiger partial charge is 0.245 e. The fraction of sp³-hybridized carbons (Fsp3) is 0.512. The summed E-state index contributed by atoms with van der Waals surface area (Å²) in [6.45, 7) is 1.69. The van der Waals surface area contributed by atoms with Gasteiger partial charge in [0.25, 0.3) is 0 Å². The zero-order valence-corrected chi connectivity index (χ0v) is 37.1. The number of nitrogens with zero attached hydrogens (tertiary/aromatic N) is 2. The molecule has 0 spiro atoms. The van der Waals surface area contributed by atoms with Gasteiger partial charge in [-0.15, -0.1) is 0 Å². The van der Waals surface area contributed by atoms with Crippen molar-refractivity contribution in [3.05, 3.63) is 65.7 Å². The second-order valence-electron chi connectivity index (χ2n) is 16.3. The van der Waals surface area contributed by atoms with Gasteiger partial charge < -0.3 is 75.1 Å². The van der Waals surface area contributed by atoms with Crippen molar-refractivity contribution in [2.75, 3.05) is 32.8 Å². The normalized spacial score (nSPS) is 16.0. The summed E-state index contributed by atoms with van der Waals surface area (Å²) in [5.41, 5.74) is 23.0. The number of aliphatic imine (C=N–C) groups is 1.